The number of thioether (sulfide) groups is 1. The van der Waals surface area contributed by atoms with Crippen molar-refractivity contribution in [2.45, 2.75) is 26.0 Å². The third kappa shape index (κ3) is 3.53. The van der Waals surface area contributed by atoms with E-state index >= 15 is 0 Å². The lowest BCUT2D eigenvalue weighted by atomic mass is 10.3. The molecule has 1 aromatic heterocycles. The molecule has 0 saturated heterocycles. The van der Waals surface area contributed by atoms with Crippen molar-refractivity contribution in [3.63, 3.8) is 0 Å². The number of hydrogen-bond donors (Lipinski definition) is 0. The van der Waals surface area contributed by atoms with Crippen molar-refractivity contribution in [1.29, 1.82) is 0 Å². The molecule has 1 nitrogen and oxygen atoms in total. The minimum atomic E-state index is 0.261. The molecular formula is C10H14OS2. The van der Waals surface area contributed by atoms with E-state index in [0.717, 1.165) is 4.88 Å². The molecule has 1 aromatic rings. The first-order valence-electron chi connectivity index (χ1n) is 4.31. The summed E-state index contributed by atoms with van der Waals surface area (Å²) in [4.78, 5) is 13.7. The quantitative estimate of drug-likeness (QED) is 0.715. The highest BCUT2D eigenvalue weighted by Crippen LogP contribution is 2.18. The fourth-order valence-corrected chi connectivity index (χ4v) is 2.43. The second-order valence-electron chi connectivity index (χ2n) is 3.19. The van der Waals surface area contributed by atoms with Gasteiger partial charge in [0.15, 0.2) is 5.78 Å². The van der Waals surface area contributed by atoms with Crippen LogP contribution in [0.15, 0.2) is 12.1 Å². The van der Waals surface area contributed by atoms with Crippen molar-refractivity contribution in [2.75, 3.05) is 5.75 Å². The number of Topliss-reactive ketones (excluding diaryl/α,β-unsaturated/α-hetero) is 1. The number of thiophene rings is 1. The van der Waals surface area contributed by atoms with Crippen LogP contribution in [-0.2, 0) is 0 Å². The second-order valence-corrected chi connectivity index (χ2v) is 6.05. The molecule has 13 heavy (non-hydrogen) atoms. The first-order chi connectivity index (χ1) is 6.09. The molecule has 0 N–H and O–H groups in total. The Morgan fingerprint density at radius 2 is 2.23 bits per heavy atom. The highest BCUT2D eigenvalue weighted by molar-refractivity contribution is 8.00. The molecule has 0 bridgehead atoms. The van der Waals surface area contributed by atoms with Crippen molar-refractivity contribution in [1.82, 2.24) is 0 Å². The zero-order chi connectivity index (χ0) is 9.84. The van der Waals surface area contributed by atoms with Gasteiger partial charge in [0.1, 0.15) is 0 Å². The molecular weight excluding hydrogens is 200 g/mol. The topological polar surface area (TPSA) is 17.1 Å². The number of carbonyl (C=O) groups excluding carboxylic acids is 1. The molecule has 0 amide bonds. The fraction of sp³-hybridized carbons (Fsp3) is 0.500. The van der Waals surface area contributed by atoms with Crippen LogP contribution < -0.4 is 0 Å². The number of rotatable bonds is 4. The van der Waals surface area contributed by atoms with Crippen LogP contribution in [-0.4, -0.2) is 16.8 Å². The van der Waals surface area contributed by atoms with Crippen LogP contribution in [0.4, 0.5) is 0 Å². The lowest BCUT2D eigenvalue weighted by Gasteiger charge is -2.01. The van der Waals surface area contributed by atoms with Gasteiger partial charge >= 0.3 is 0 Å². The van der Waals surface area contributed by atoms with Crippen molar-refractivity contribution < 1.29 is 4.79 Å². The Balaban J connectivity index is 2.49. The second kappa shape index (κ2) is 4.82. The molecule has 72 valence electrons. The van der Waals surface area contributed by atoms with Crippen molar-refractivity contribution in [3.8, 4) is 0 Å². The molecule has 0 aromatic carbocycles. The molecule has 1 heterocycles. The van der Waals surface area contributed by atoms with Gasteiger partial charge in [0.05, 0.1) is 10.6 Å². The molecule has 0 fully saturated rings. The van der Waals surface area contributed by atoms with Gasteiger partial charge in [-0.2, -0.15) is 11.8 Å². The zero-order valence-electron chi connectivity index (χ0n) is 8.16. The van der Waals surface area contributed by atoms with Crippen LogP contribution in [0.5, 0.6) is 0 Å². The van der Waals surface area contributed by atoms with Gasteiger partial charge in [-0.1, -0.05) is 13.8 Å². The number of hydrogen-bond acceptors (Lipinski definition) is 3. The van der Waals surface area contributed by atoms with Crippen molar-refractivity contribution in [2.24, 2.45) is 0 Å². The maximum absolute atomic E-state index is 11.6. The van der Waals surface area contributed by atoms with Gasteiger partial charge < -0.3 is 0 Å². The Bertz CT molecular complexity index is 289. The largest absolute Gasteiger partial charge is 0.292 e. The van der Waals surface area contributed by atoms with Crippen LogP contribution in [0.3, 0.4) is 0 Å². The summed E-state index contributed by atoms with van der Waals surface area (Å²) in [5.74, 6) is 0.870. The van der Waals surface area contributed by atoms with Crippen LogP contribution in [0.25, 0.3) is 0 Å². The summed E-state index contributed by atoms with van der Waals surface area (Å²) in [6.45, 7) is 6.24. The molecule has 3 heteroatoms. The van der Waals surface area contributed by atoms with Crippen LogP contribution in [0.1, 0.15) is 28.4 Å². The lowest BCUT2D eigenvalue weighted by Crippen LogP contribution is -2.02. The molecule has 0 saturated carbocycles. The van der Waals surface area contributed by atoms with E-state index in [2.05, 4.69) is 13.8 Å². The molecule has 0 atom stereocenters. The Morgan fingerprint density at radius 3 is 2.69 bits per heavy atom. The maximum atomic E-state index is 11.6. The predicted molar refractivity (Wildman–Crippen MR) is 61.0 cm³/mol. The lowest BCUT2D eigenvalue weighted by molar-refractivity contribution is 0.102. The Labute approximate surface area is 87.5 Å². The zero-order valence-corrected chi connectivity index (χ0v) is 9.80. The first-order valence-corrected chi connectivity index (χ1v) is 6.17. The normalized spacial score (nSPS) is 10.8. The van der Waals surface area contributed by atoms with E-state index in [0.29, 0.717) is 11.0 Å². The number of aryl methyl sites for hydroxylation is 1. The average Bonchev–Trinajstić information content (AvgIpc) is 2.47. The predicted octanol–water partition coefficient (Wildman–Crippen LogP) is 3.38. The maximum Gasteiger partial charge on any atom is 0.182 e. The summed E-state index contributed by atoms with van der Waals surface area (Å²) in [5.41, 5.74) is 0. The van der Waals surface area contributed by atoms with E-state index in [1.807, 2.05) is 19.1 Å². The Hall–Kier alpha value is -0.280. The minimum absolute atomic E-state index is 0.261. The van der Waals surface area contributed by atoms with Crippen LogP contribution in [0, 0.1) is 6.92 Å². The number of ketones is 1. The molecule has 0 aliphatic rings. The van der Waals surface area contributed by atoms with Crippen LogP contribution >= 0.6 is 23.1 Å². The van der Waals surface area contributed by atoms with Gasteiger partial charge in [-0.25, -0.2) is 0 Å². The number of carbonyl (C=O) groups is 1. The third-order valence-electron chi connectivity index (χ3n) is 1.56. The molecule has 0 spiro atoms. The first kappa shape index (κ1) is 10.8. The van der Waals surface area contributed by atoms with E-state index in [1.165, 1.54) is 4.88 Å². The van der Waals surface area contributed by atoms with Gasteiger partial charge in [-0.3, -0.25) is 4.79 Å². The molecule has 0 aliphatic heterocycles. The molecule has 1 rings (SSSR count). The highest BCUT2D eigenvalue weighted by atomic mass is 32.2. The smallest absolute Gasteiger partial charge is 0.182 e. The average molecular weight is 214 g/mol. The summed E-state index contributed by atoms with van der Waals surface area (Å²) in [6.07, 6.45) is 0. The van der Waals surface area contributed by atoms with Crippen molar-refractivity contribution >= 4 is 28.9 Å². The van der Waals surface area contributed by atoms with Crippen molar-refractivity contribution in [3.05, 3.63) is 21.9 Å². The van der Waals surface area contributed by atoms with E-state index in [4.69, 9.17) is 0 Å². The van der Waals surface area contributed by atoms with Gasteiger partial charge in [-0.05, 0) is 24.3 Å². The monoisotopic (exact) mass is 214 g/mol. The van der Waals surface area contributed by atoms with Gasteiger partial charge in [0.25, 0.3) is 0 Å². The summed E-state index contributed by atoms with van der Waals surface area (Å²) in [7, 11) is 0. The highest BCUT2D eigenvalue weighted by Gasteiger charge is 2.08. The SMILES string of the molecule is Cc1ccc(C(=O)CSC(C)C)s1. The minimum Gasteiger partial charge on any atom is -0.292 e. The fourth-order valence-electron chi connectivity index (χ4n) is 0.898. The van der Waals surface area contributed by atoms with E-state index < -0.39 is 0 Å². The third-order valence-corrected chi connectivity index (χ3v) is 3.70. The summed E-state index contributed by atoms with van der Waals surface area (Å²) < 4.78 is 0. The Kier molecular flexibility index (Phi) is 4.00. The molecule has 0 radical (unpaired) electrons. The van der Waals surface area contributed by atoms with Gasteiger partial charge in [0.2, 0.25) is 0 Å². The van der Waals surface area contributed by atoms with E-state index in [-0.39, 0.29) is 5.78 Å². The summed E-state index contributed by atoms with van der Waals surface area (Å²) in [5, 5.41) is 0.532. The van der Waals surface area contributed by atoms with E-state index in [1.54, 1.807) is 23.1 Å². The van der Waals surface area contributed by atoms with E-state index in [9.17, 15) is 4.79 Å². The summed E-state index contributed by atoms with van der Waals surface area (Å²) >= 11 is 3.29. The Morgan fingerprint density at radius 1 is 1.54 bits per heavy atom. The summed E-state index contributed by atoms with van der Waals surface area (Å²) in [6, 6.07) is 3.92. The van der Waals surface area contributed by atoms with Crippen LogP contribution in [0.2, 0.25) is 0 Å². The standard InChI is InChI=1S/C10H14OS2/c1-7(2)12-6-9(11)10-5-4-8(3)13-10/h4-5,7H,6H2,1-3H3. The molecule has 0 unspecified atom stereocenters. The van der Waals surface area contributed by atoms with Gasteiger partial charge in [-0.15, -0.1) is 11.3 Å². The van der Waals surface area contributed by atoms with Gasteiger partial charge in [0, 0.05) is 4.88 Å². The molecule has 0 aliphatic carbocycles.